The molecule has 0 fully saturated rings. The number of aromatic nitrogens is 3. The molecule has 15 heavy (non-hydrogen) atoms. The van der Waals surface area contributed by atoms with E-state index in [0.29, 0.717) is 0 Å². The van der Waals surface area contributed by atoms with Gasteiger partial charge in [-0.2, -0.15) is 0 Å². The van der Waals surface area contributed by atoms with E-state index in [4.69, 9.17) is 0 Å². The van der Waals surface area contributed by atoms with Crippen LogP contribution in [-0.4, -0.2) is 9.55 Å². The van der Waals surface area contributed by atoms with E-state index in [2.05, 4.69) is 39.8 Å². The van der Waals surface area contributed by atoms with Crippen molar-refractivity contribution in [2.24, 2.45) is 0 Å². The number of nitrogens with zero attached hydrogens (tertiary/aromatic N) is 3. The fraction of sp³-hybridized carbons (Fsp3) is 0.333. The number of hydrogen-bond donors (Lipinski definition) is 0. The predicted octanol–water partition coefficient (Wildman–Crippen LogP) is 1.63. The molecule has 0 aliphatic heterocycles. The van der Waals surface area contributed by atoms with Crippen LogP contribution < -0.4 is 4.57 Å². The van der Waals surface area contributed by atoms with Crippen molar-refractivity contribution < 1.29 is 4.57 Å². The Morgan fingerprint density at radius 3 is 3.07 bits per heavy atom. The Kier molecular flexibility index (Phi) is 3.12. The summed E-state index contributed by atoms with van der Waals surface area (Å²) in [6.07, 6.45) is 9.31. The van der Waals surface area contributed by atoms with Crippen molar-refractivity contribution in [2.75, 3.05) is 0 Å². The Hall–Kier alpha value is -1.64. The molecule has 2 rings (SSSR count). The largest absolute Gasteiger partial charge is 0.257 e. The van der Waals surface area contributed by atoms with Crippen LogP contribution >= 0.6 is 0 Å². The minimum Gasteiger partial charge on any atom is -0.257 e. The lowest BCUT2D eigenvalue weighted by molar-refractivity contribution is -0.688. The molecule has 0 saturated heterocycles. The quantitative estimate of drug-likeness (QED) is 0.691. The molecule has 3 heteroatoms. The molecule has 0 aliphatic carbocycles. The Labute approximate surface area is 90.0 Å². The third kappa shape index (κ3) is 2.65. The molecule has 2 aromatic heterocycles. The third-order valence-electron chi connectivity index (χ3n) is 2.30. The molecule has 0 N–H and O–H groups in total. The van der Waals surface area contributed by atoms with Crippen molar-refractivity contribution in [3.8, 4) is 0 Å². The maximum atomic E-state index is 4.30. The minimum atomic E-state index is 0.845. The van der Waals surface area contributed by atoms with Gasteiger partial charge in [0.2, 0.25) is 6.33 Å². The topological polar surface area (TPSA) is 21.7 Å². The monoisotopic (exact) mass is 202 g/mol. The molecule has 0 unspecified atom stereocenters. The van der Waals surface area contributed by atoms with Crippen molar-refractivity contribution in [1.82, 2.24) is 9.55 Å². The summed E-state index contributed by atoms with van der Waals surface area (Å²) in [5, 5.41) is 0. The molecule has 0 aliphatic rings. The first kappa shape index (κ1) is 9.90. The summed E-state index contributed by atoms with van der Waals surface area (Å²) >= 11 is 0. The van der Waals surface area contributed by atoms with Crippen molar-refractivity contribution >= 4 is 0 Å². The summed E-state index contributed by atoms with van der Waals surface area (Å²) in [7, 11) is 0. The highest BCUT2D eigenvalue weighted by Gasteiger charge is 2.03. The molecule has 0 spiro atoms. The predicted molar refractivity (Wildman–Crippen MR) is 58.3 cm³/mol. The standard InChI is InChI=1S/C12H16N3/c1-2-7-14-8-9-15(11-14)10-12-5-3-4-6-13-12/h3-6,8-9,11H,2,7,10H2,1H3/q+1. The van der Waals surface area contributed by atoms with Gasteiger partial charge in [0.1, 0.15) is 18.9 Å². The maximum Gasteiger partial charge on any atom is 0.244 e. The molecule has 0 atom stereocenters. The molecule has 0 radical (unpaired) electrons. The number of hydrogen-bond acceptors (Lipinski definition) is 1. The zero-order valence-electron chi connectivity index (χ0n) is 9.00. The summed E-state index contributed by atoms with van der Waals surface area (Å²) in [6, 6.07) is 6.01. The number of imidazole rings is 1. The summed E-state index contributed by atoms with van der Waals surface area (Å²) in [4.78, 5) is 4.30. The first-order valence-electron chi connectivity index (χ1n) is 5.33. The van der Waals surface area contributed by atoms with Crippen LogP contribution in [0.25, 0.3) is 0 Å². The fourth-order valence-corrected chi connectivity index (χ4v) is 1.60. The van der Waals surface area contributed by atoms with Gasteiger partial charge in [0.05, 0.1) is 12.2 Å². The van der Waals surface area contributed by atoms with Gasteiger partial charge in [-0.05, 0) is 18.6 Å². The second kappa shape index (κ2) is 4.73. The molecule has 0 bridgehead atoms. The van der Waals surface area contributed by atoms with Crippen molar-refractivity contribution in [2.45, 2.75) is 26.4 Å². The van der Waals surface area contributed by atoms with E-state index in [-0.39, 0.29) is 0 Å². The van der Waals surface area contributed by atoms with Gasteiger partial charge >= 0.3 is 0 Å². The number of pyridine rings is 1. The lowest BCUT2D eigenvalue weighted by Gasteiger charge is -1.95. The van der Waals surface area contributed by atoms with Crippen molar-refractivity contribution in [1.29, 1.82) is 0 Å². The fourth-order valence-electron chi connectivity index (χ4n) is 1.60. The molecule has 0 saturated carbocycles. The normalized spacial score (nSPS) is 10.5. The van der Waals surface area contributed by atoms with Crippen LogP contribution in [0.1, 0.15) is 19.0 Å². The third-order valence-corrected chi connectivity index (χ3v) is 2.30. The van der Waals surface area contributed by atoms with E-state index < -0.39 is 0 Å². The van der Waals surface area contributed by atoms with Crippen LogP contribution in [0, 0.1) is 0 Å². The Balaban J connectivity index is 2.05. The number of aryl methyl sites for hydroxylation is 1. The van der Waals surface area contributed by atoms with Crippen LogP contribution in [0.4, 0.5) is 0 Å². The lowest BCUT2D eigenvalue weighted by Crippen LogP contribution is -2.32. The summed E-state index contributed by atoms with van der Waals surface area (Å²) in [5.41, 5.74) is 1.09. The van der Waals surface area contributed by atoms with Crippen LogP contribution in [0.5, 0.6) is 0 Å². The van der Waals surface area contributed by atoms with Gasteiger partial charge in [0.15, 0.2) is 0 Å². The first-order valence-corrected chi connectivity index (χ1v) is 5.33. The van der Waals surface area contributed by atoms with E-state index in [1.54, 1.807) is 0 Å². The molecule has 0 amide bonds. The Morgan fingerprint density at radius 1 is 1.40 bits per heavy atom. The number of rotatable bonds is 4. The summed E-state index contributed by atoms with van der Waals surface area (Å²) in [5.74, 6) is 0. The van der Waals surface area contributed by atoms with Gasteiger partial charge in [0, 0.05) is 6.20 Å². The average molecular weight is 202 g/mol. The van der Waals surface area contributed by atoms with E-state index in [9.17, 15) is 0 Å². The van der Waals surface area contributed by atoms with E-state index in [1.165, 1.54) is 0 Å². The molecule has 2 aromatic rings. The Morgan fingerprint density at radius 2 is 2.33 bits per heavy atom. The second-order valence-electron chi connectivity index (χ2n) is 3.64. The highest BCUT2D eigenvalue weighted by Crippen LogP contribution is 1.93. The van der Waals surface area contributed by atoms with Gasteiger partial charge in [-0.1, -0.05) is 13.0 Å². The lowest BCUT2D eigenvalue weighted by atomic mass is 10.3. The first-order chi connectivity index (χ1) is 7.38. The zero-order valence-corrected chi connectivity index (χ0v) is 9.00. The summed E-state index contributed by atoms with van der Waals surface area (Å²) < 4.78 is 4.35. The smallest absolute Gasteiger partial charge is 0.244 e. The van der Waals surface area contributed by atoms with E-state index in [0.717, 1.165) is 25.2 Å². The average Bonchev–Trinajstić information content (AvgIpc) is 2.68. The molecular weight excluding hydrogens is 186 g/mol. The van der Waals surface area contributed by atoms with Gasteiger partial charge < -0.3 is 0 Å². The maximum absolute atomic E-state index is 4.30. The highest BCUT2D eigenvalue weighted by atomic mass is 15.1. The van der Waals surface area contributed by atoms with Crippen LogP contribution in [0.2, 0.25) is 0 Å². The Bertz CT molecular complexity index is 406. The van der Waals surface area contributed by atoms with Gasteiger partial charge in [-0.15, -0.1) is 0 Å². The zero-order chi connectivity index (χ0) is 10.5. The van der Waals surface area contributed by atoms with Crippen LogP contribution in [0.3, 0.4) is 0 Å². The van der Waals surface area contributed by atoms with Gasteiger partial charge in [0.25, 0.3) is 0 Å². The minimum absolute atomic E-state index is 0.845. The highest BCUT2D eigenvalue weighted by molar-refractivity contribution is 5.01. The van der Waals surface area contributed by atoms with Gasteiger partial charge in [-0.25, -0.2) is 9.13 Å². The molecule has 0 aromatic carbocycles. The molecular formula is C12H16N3+. The summed E-state index contributed by atoms with van der Waals surface area (Å²) in [6.45, 7) is 4.11. The molecule has 2 heterocycles. The van der Waals surface area contributed by atoms with Crippen molar-refractivity contribution in [3.63, 3.8) is 0 Å². The van der Waals surface area contributed by atoms with E-state index >= 15 is 0 Å². The van der Waals surface area contributed by atoms with Crippen molar-refractivity contribution in [3.05, 3.63) is 48.8 Å². The second-order valence-corrected chi connectivity index (χ2v) is 3.64. The SMILES string of the molecule is CCCn1cc[n+](Cc2ccccn2)c1. The molecule has 3 nitrogen and oxygen atoms in total. The van der Waals surface area contributed by atoms with Crippen LogP contribution in [0.15, 0.2) is 43.1 Å². The van der Waals surface area contributed by atoms with E-state index in [1.807, 2.05) is 24.4 Å². The molecule has 78 valence electrons. The van der Waals surface area contributed by atoms with Gasteiger partial charge in [-0.3, -0.25) is 4.98 Å². The van der Waals surface area contributed by atoms with Crippen LogP contribution in [-0.2, 0) is 13.1 Å².